The van der Waals surface area contributed by atoms with Gasteiger partial charge in [-0.15, -0.1) is 0 Å². The number of nitrogens with zero attached hydrogens (tertiary/aromatic N) is 1. The molecule has 1 amide bonds. The fourth-order valence-electron chi connectivity index (χ4n) is 2.39. The zero-order valence-corrected chi connectivity index (χ0v) is 15.7. The molecule has 0 bridgehead atoms. The van der Waals surface area contributed by atoms with E-state index in [9.17, 15) is 13.2 Å². The lowest BCUT2D eigenvalue weighted by Gasteiger charge is -2.25. The van der Waals surface area contributed by atoms with E-state index in [1.165, 1.54) is 6.26 Å². The number of benzene rings is 2. The summed E-state index contributed by atoms with van der Waals surface area (Å²) in [6, 6.07) is 13.9. The van der Waals surface area contributed by atoms with Gasteiger partial charge in [-0.05, 0) is 43.2 Å². The van der Waals surface area contributed by atoms with E-state index in [1.807, 2.05) is 38.1 Å². The summed E-state index contributed by atoms with van der Waals surface area (Å²) in [6.45, 7) is 3.77. The molecule has 25 heavy (non-hydrogen) atoms. The Bertz CT molecular complexity index is 844. The van der Waals surface area contributed by atoms with Gasteiger partial charge in [0.25, 0.3) is 5.91 Å². The third-order valence-electron chi connectivity index (χ3n) is 4.21. The molecule has 0 radical (unpaired) electrons. The van der Waals surface area contributed by atoms with Crippen LogP contribution < -0.4 is 4.74 Å². The summed E-state index contributed by atoms with van der Waals surface area (Å²) in [7, 11) is -1.52. The molecule has 0 fully saturated rings. The van der Waals surface area contributed by atoms with Crippen LogP contribution in [0.1, 0.15) is 24.1 Å². The molecule has 134 valence electrons. The van der Waals surface area contributed by atoms with Gasteiger partial charge in [0.2, 0.25) is 0 Å². The molecule has 1 atom stereocenters. The van der Waals surface area contributed by atoms with E-state index in [-0.39, 0.29) is 23.5 Å². The number of hydrogen-bond acceptors (Lipinski definition) is 4. The van der Waals surface area contributed by atoms with E-state index < -0.39 is 9.84 Å². The predicted molar refractivity (Wildman–Crippen MR) is 97.4 cm³/mol. The number of likely N-dealkylation sites (N-methyl/N-ethyl adjacent to an activating group) is 1. The van der Waals surface area contributed by atoms with Gasteiger partial charge < -0.3 is 9.64 Å². The van der Waals surface area contributed by atoms with Crippen LogP contribution >= 0.6 is 0 Å². The molecule has 0 aliphatic heterocycles. The van der Waals surface area contributed by atoms with Crippen molar-refractivity contribution in [3.63, 3.8) is 0 Å². The fraction of sp³-hybridized carbons (Fsp3) is 0.316. The van der Waals surface area contributed by atoms with Crippen LogP contribution in [0, 0.1) is 6.92 Å². The molecule has 2 rings (SSSR count). The number of carbonyl (C=O) groups is 1. The molecule has 0 aliphatic rings. The second-order valence-corrected chi connectivity index (χ2v) is 8.09. The van der Waals surface area contributed by atoms with Gasteiger partial charge in [-0.1, -0.05) is 30.3 Å². The first-order valence-corrected chi connectivity index (χ1v) is 9.83. The second-order valence-electron chi connectivity index (χ2n) is 6.08. The summed E-state index contributed by atoms with van der Waals surface area (Å²) in [6.07, 6.45) is 1.17. The first-order chi connectivity index (χ1) is 11.7. The second kappa shape index (κ2) is 7.70. The van der Waals surface area contributed by atoms with Gasteiger partial charge in [-0.2, -0.15) is 0 Å². The molecular weight excluding hydrogens is 338 g/mol. The molecule has 5 nitrogen and oxygen atoms in total. The van der Waals surface area contributed by atoms with Gasteiger partial charge >= 0.3 is 0 Å². The summed E-state index contributed by atoms with van der Waals surface area (Å²) in [4.78, 5) is 14.2. The Kier molecular flexibility index (Phi) is 5.85. The molecule has 0 N–H and O–H groups in total. The topological polar surface area (TPSA) is 63.7 Å². The van der Waals surface area contributed by atoms with Crippen molar-refractivity contribution in [1.29, 1.82) is 0 Å². The largest absolute Gasteiger partial charge is 0.484 e. The lowest BCUT2D eigenvalue weighted by molar-refractivity contribution is -0.134. The molecule has 2 aromatic rings. The number of ether oxygens (including phenoxy) is 1. The maximum atomic E-state index is 12.4. The normalized spacial score (nSPS) is 12.5. The number of carbonyl (C=O) groups excluding carboxylic acids is 1. The molecule has 0 aliphatic carbocycles. The van der Waals surface area contributed by atoms with E-state index in [0.29, 0.717) is 5.75 Å². The Morgan fingerprint density at radius 3 is 2.28 bits per heavy atom. The van der Waals surface area contributed by atoms with Gasteiger partial charge in [0.05, 0.1) is 10.9 Å². The van der Waals surface area contributed by atoms with Crippen molar-refractivity contribution in [2.45, 2.75) is 24.8 Å². The maximum absolute atomic E-state index is 12.4. The third-order valence-corrected chi connectivity index (χ3v) is 5.34. The Morgan fingerprint density at radius 2 is 1.72 bits per heavy atom. The minimum atomic E-state index is -3.23. The molecule has 0 saturated heterocycles. The van der Waals surface area contributed by atoms with E-state index in [1.54, 1.807) is 36.2 Å². The average molecular weight is 361 g/mol. The van der Waals surface area contributed by atoms with Gasteiger partial charge in [0.1, 0.15) is 5.75 Å². The van der Waals surface area contributed by atoms with E-state index in [2.05, 4.69) is 0 Å². The summed E-state index contributed by atoms with van der Waals surface area (Å²) >= 11 is 0. The van der Waals surface area contributed by atoms with Crippen LogP contribution in [0.15, 0.2) is 53.4 Å². The minimum absolute atomic E-state index is 0.0485. The SMILES string of the molecule is Cc1ccccc1OCC(=O)N(C)[C@@H](C)c1ccc(S(C)(=O)=O)cc1. The van der Waals surface area contributed by atoms with Crippen LogP contribution in [-0.4, -0.2) is 39.1 Å². The Morgan fingerprint density at radius 1 is 1.12 bits per heavy atom. The molecule has 2 aromatic carbocycles. The number of aryl methyl sites for hydroxylation is 1. The zero-order valence-electron chi connectivity index (χ0n) is 14.9. The maximum Gasteiger partial charge on any atom is 0.260 e. The Hall–Kier alpha value is -2.34. The van der Waals surface area contributed by atoms with Crippen molar-refractivity contribution in [2.24, 2.45) is 0 Å². The summed E-state index contributed by atoms with van der Waals surface area (Å²) < 4.78 is 28.6. The van der Waals surface area contributed by atoms with E-state index >= 15 is 0 Å². The lowest BCUT2D eigenvalue weighted by Crippen LogP contribution is -2.33. The number of para-hydroxylation sites is 1. The monoisotopic (exact) mass is 361 g/mol. The number of hydrogen-bond donors (Lipinski definition) is 0. The minimum Gasteiger partial charge on any atom is -0.484 e. The first kappa shape index (κ1) is 19.0. The molecule has 0 spiro atoms. The van der Waals surface area contributed by atoms with Crippen molar-refractivity contribution < 1.29 is 17.9 Å². The highest BCUT2D eigenvalue weighted by molar-refractivity contribution is 7.90. The van der Waals surface area contributed by atoms with Gasteiger partial charge in [-0.3, -0.25) is 4.79 Å². The van der Waals surface area contributed by atoms with Crippen LogP contribution in [0.5, 0.6) is 5.75 Å². The molecule has 0 heterocycles. The third kappa shape index (κ3) is 4.82. The van der Waals surface area contributed by atoms with Crippen molar-refractivity contribution in [2.75, 3.05) is 19.9 Å². The predicted octanol–water partition coefficient (Wildman–Crippen LogP) is 3.00. The Balaban J connectivity index is 2.02. The Labute approximate surface area is 149 Å². The van der Waals surface area contributed by atoms with Gasteiger partial charge in [0.15, 0.2) is 16.4 Å². The van der Waals surface area contributed by atoms with Crippen LogP contribution in [0.3, 0.4) is 0 Å². The first-order valence-electron chi connectivity index (χ1n) is 7.94. The molecule has 0 aromatic heterocycles. The quantitative estimate of drug-likeness (QED) is 0.793. The summed E-state index contributed by atoms with van der Waals surface area (Å²) in [5.41, 5.74) is 1.83. The molecule has 6 heteroatoms. The van der Waals surface area contributed by atoms with Gasteiger partial charge in [0, 0.05) is 13.3 Å². The highest BCUT2D eigenvalue weighted by Gasteiger charge is 2.18. The molecule has 0 saturated carbocycles. The van der Waals surface area contributed by atoms with Crippen molar-refractivity contribution in [3.05, 3.63) is 59.7 Å². The van der Waals surface area contributed by atoms with Crippen LogP contribution in [0.25, 0.3) is 0 Å². The number of amides is 1. The van der Waals surface area contributed by atoms with Crippen molar-refractivity contribution in [1.82, 2.24) is 4.90 Å². The molecular formula is C19H23NO4S. The number of rotatable bonds is 6. The van der Waals surface area contributed by atoms with Gasteiger partial charge in [-0.25, -0.2) is 8.42 Å². The van der Waals surface area contributed by atoms with Crippen LogP contribution in [0.4, 0.5) is 0 Å². The van der Waals surface area contributed by atoms with Crippen LogP contribution in [-0.2, 0) is 14.6 Å². The molecule has 0 unspecified atom stereocenters. The smallest absolute Gasteiger partial charge is 0.260 e. The average Bonchev–Trinajstić information content (AvgIpc) is 2.59. The van der Waals surface area contributed by atoms with Crippen molar-refractivity contribution in [3.8, 4) is 5.75 Å². The summed E-state index contributed by atoms with van der Waals surface area (Å²) in [5.74, 6) is 0.539. The van der Waals surface area contributed by atoms with E-state index in [4.69, 9.17) is 4.74 Å². The standard InChI is InChI=1S/C19H23NO4S/c1-14-7-5-6-8-18(14)24-13-19(21)20(3)15(2)16-9-11-17(12-10-16)25(4,22)23/h5-12,15H,13H2,1-4H3/t15-/m0/s1. The number of sulfone groups is 1. The highest BCUT2D eigenvalue weighted by atomic mass is 32.2. The fourth-order valence-corrected chi connectivity index (χ4v) is 3.02. The zero-order chi connectivity index (χ0) is 18.6. The summed E-state index contributed by atoms with van der Waals surface area (Å²) in [5, 5.41) is 0. The van der Waals surface area contributed by atoms with Crippen molar-refractivity contribution >= 4 is 15.7 Å². The lowest BCUT2D eigenvalue weighted by atomic mass is 10.1. The van der Waals surface area contributed by atoms with Crippen LogP contribution in [0.2, 0.25) is 0 Å². The van der Waals surface area contributed by atoms with E-state index in [0.717, 1.165) is 11.1 Å². The highest BCUT2D eigenvalue weighted by Crippen LogP contribution is 2.21.